The molecular weight excluding hydrogens is 625 g/mol. The summed E-state index contributed by atoms with van der Waals surface area (Å²) >= 11 is 5.35. The van der Waals surface area contributed by atoms with Gasteiger partial charge in [-0.2, -0.15) is 4.98 Å². The minimum Gasteiger partial charge on any atom is -0.362 e. The van der Waals surface area contributed by atoms with Crippen LogP contribution in [0.15, 0.2) is 33.4 Å². The van der Waals surface area contributed by atoms with Crippen LogP contribution >= 0.6 is 45.7 Å². The number of hydrogen-bond donors (Lipinski definition) is 2. The Morgan fingerprint density at radius 1 is 1.14 bits per heavy atom. The Bertz CT molecular complexity index is 1320. The predicted molar refractivity (Wildman–Crippen MR) is 162 cm³/mol. The average Bonchev–Trinajstić information content (AvgIpc) is 3.18. The maximum absolute atomic E-state index is 12.9. The van der Waals surface area contributed by atoms with E-state index in [2.05, 4.69) is 39.3 Å². The first-order valence-electron chi connectivity index (χ1n) is 12.1. The van der Waals surface area contributed by atoms with Crippen molar-refractivity contribution in [1.82, 2.24) is 15.3 Å². The molecule has 0 aliphatic heterocycles. The number of thiophene rings is 1. The number of sulfone groups is 1. The molecular formula is C25H34IN5O2S3. The molecule has 36 heavy (non-hydrogen) atoms. The number of para-hydroxylation sites is 1. The summed E-state index contributed by atoms with van der Waals surface area (Å²) in [7, 11) is 0.714. The highest BCUT2D eigenvalue weighted by Crippen LogP contribution is 2.40. The lowest BCUT2D eigenvalue weighted by Crippen LogP contribution is -2.37. The number of benzene rings is 1. The van der Waals surface area contributed by atoms with Crippen LogP contribution in [0.5, 0.6) is 0 Å². The van der Waals surface area contributed by atoms with Gasteiger partial charge in [0.2, 0.25) is 5.95 Å². The lowest BCUT2D eigenvalue weighted by Gasteiger charge is -2.30. The molecule has 1 saturated carbocycles. The Kier molecular flexibility index (Phi) is 9.07. The third-order valence-corrected chi connectivity index (χ3v) is 13.3. The van der Waals surface area contributed by atoms with E-state index in [0.29, 0.717) is 29.5 Å². The zero-order valence-corrected chi connectivity index (χ0v) is 25.9. The van der Waals surface area contributed by atoms with Crippen LogP contribution in [0.2, 0.25) is 0 Å². The van der Waals surface area contributed by atoms with Gasteiger partial charge >= 0.3 is 0 Å². The third kappa shape index (κ3) is 5.95. The fraction of sp³-hybridized carbons (Fsp3) is 0.520. The zero-order valence-electron chi connectivity index (χ0n) is 21.3. The molecule has 196 valence electrons. The number of fused-ring (bicyclic) bond motifs is 1. The predicted octanol–water partition coefficient (Wildman–Crippen LogP) is 5.78. The van der Waals surface area contributed by atoms with Crippen LogP contribution < -0.4 is 15.5 Å². The molecule has 0 saturated heterocycles. The van der Waals surface area contributed by atoms with Gasteiger partial charge in [0.15, 0.2) is 9.84 Å². The van der Waals surface area contributed by atoms with Gasteiger partial charge in [0.1, 0.15) is 10.7 Å². The fourth-order valence-corrected chi connectivity index (χ4v) is 10.4. The molecule has 2 heterocycles. The van der Waals surface area contributed by atoms with E-state index in [0.717, 1.165) is 55.1 Å². The van der Waals surface area contributed by atoms with Gasteiger partial charge < -0.3 is 15.5 Å². The van der Waals surface area contributed by atoms with Gasteiger partial charge in [0.05, 0.1) is 15.0 Å². The van der Waals surface area contributed by atoms with Gasteiger partial charge in [0.25, 0.3) is 0 Å². The zero-order chi connectivity index (χ0) is 26.0. The maximum atomic E-state index is 12.9. The number of hydrogen-bond acceptors (Lipinski definition) is 9. The lowest BCUT2D eigenvalue weighted by atomic mass is 9.91. The van der Waals surface area contributed by atoms with E-state index < -0.39 is 15.1 Å². The van der Waals surface area contributed by atoms with E-state index in [1.165, 1.54) is 11.8 Å². The van der Waals surface area contributed by atoms with Crippen LogP contribution in [0.4, 0.5) is 11.8 Å². The fourth-order valence-electron chi connectivity index (χ4n) is 4.47. The first-order chi connectivity index (χ1) is 17.1. The quantitative estimate of drug-likeness (QED) is 0.221. The van der Waals surface area contributed by atoms with E-state index in [4.69, 9.17) is 9.97 Å². The molecule has 0 bridgehead atoms. The molecule has 1 fully saturated rings. The summed E-state index contributed by atoms with van der Waals surface area (Å²) in [6.07, 6.45) is 6.14. The first-order valence-corrected chi connectivity index (χ1v) is 16.8. The van der Waals surface area contributed by atoms with Crippen molar-refractivity contribution >= 4 is 78.2 Å². The van der Waals surface area contributed by atoms with Crippen molar-refractivity contribution in [2.45, 2.75) is 72.5 Å². The highest BCUT2D eigenvalue weighted by Gasteiger charge is 2.30. The lowest BCUT2D eigenvalue weighted by molar-refractivity contribution is 0.353. The van der Waals surface area contributed by atoms with Gasteiger partial charge in [-0.15, -0.1) is 23.1 Å². The number of aromatic nitrogens is 2. The SMILES string of the molecule is CSc1sc(CNC2CCC(Nc3nc(N(C)C)c4ccccc4n3)CC2)c(I)c1S(=O)(=O)C(C)C. The second-order valence-electron chi connectivity index (χ2n) is 9.61. The van der Waals surface area contributed by atoms with Gasteiger partial charge in [-0.1, -0.05) is 12.1 Å². The Morgan fingerprint density at radius 3 is 2.44 bits per heavy atom. The molecule has 4 rings (SSSR count). The largest absolute Gasteiger partial charge is 0.362 e. The van der Waals surface area contributed by atoms with E-state index in [1.54, 1.807) is 25.2 Å². The van der Waals surface area contributed by atoms with Crippen molar-refractivity contribution in [3.8, 4) is 0 Å². The molecule has 2 N–H and O–H groups in total. The molecule has 0 amide bonds. The second-order valence-corrected chi connectivity index (χ2v) is 15.3. The summed E-state index contributed by atoms with van der Waals surface area (Å²) in [5.74, 6) is 1.61. The summed E-state index contributed by atoms with van der Waals surface area (Å²) in [6.45, 7) is 4.20. The molecule has 11 heteroatoms. The van der Waals surface area contributed by atoms with E-state index in [9.17, 15) is 8.42 Å². The van der Waals surface area contributed by atoms with E-state index in [1.807, 2.05) is 43.5 Å². The molecule has 2 aromatic heterocycles. The van der Waals surface area contributed by atoms with Gasteiger partial charge in [0, 0.05) is 46.6 Å². The monoisotopic (exact) mass is 659 g/mol. The molecule has 0 atom stereocenters. The minimum absolute atomic E-state index is 0.340. The standard InChI is InChI=1S/C25H34IN5O2S3/c1-15(2)36(32,33)22-21(26)20(35-24(22)34-5)14-27-16-10-12-17(13-11-16)28-25-29-19-9-7-6-8-18(19)23(30-25)31(3)4/h6-9,15-17,27H,10-14H2,1-5H3,(H,28,29,30). The molecule has 0 unspecified atom stereocenters. The summed E-state index contributed by atoms with van der Waals surface area (Å²) in [6, 6.07) is 8.87. The smallest absolute Gasteiger partial charge is 0.225 e. The number of halogens is 1. The Balaban J connectivity index is 1.37. The molecule has 1 aromatic carbocycles. The number of rotatable bonds is 9. The molecule has 3 aromatic rings. The Hall–Kier alpha value is -1.15. The third-order valence-electron chi connectivity index (χ3n) is 6.55. The van der Waals surface area contributed by atoms with Crippen LogP contribution in [0, 0.1) is 3.57 Å². The van der Waals surface area contributed by atoms with Crippen LogP contribution in [0.3, 0.4) is 0 Å². The van der Waals surface area contributed by atoms with Gasteiger partial charge in [-0.05, 0) is 80.5 Å². The summed E-state index contributed by atoms with van der Waals surface area (Å²) in [5, 5.41) is 7.90. The molecule has 0 spiro atoms. The van der Waals surface area contributed by atoms with Crippen LogP contribution in [-0.2, 0) is 16.4 Å². The van der Waals surface area contributed by atoms with Gasteiger partial charge in [-0.25, -0.2) is 13.4 Å². The number of nitrogens with one attached hydrogen (secondary N) is 2. The van der Waals surface area contributed by atoms with Crippen LogP contribution in [0.1, 0.15) is 44.4 Å². The number of anilines is 2. The maximum Gasteiger partial charge on any atom is 0.225 e. The van der Waals surface area contributed by atoms with Crippen LogP contribution in [0.25, 0.3) is 10.9 Å². The van der Waals surface area contributed by atoms with Crippen LogP contribution in [-0.4, -0.2) is 56.1 Å². The minimum atomic E-state index is -3.30. The topological polar surface area (TPSA) is 87.2 Å². The number of thioether (sulfide) groups is 1. The van der Waals surface area contributed by atoms with Crippen molar-refractivity contribution in [2.24, 2.45) is 0 Å². The van der Waals surface area contributed by atoms with E-state index >= 15 is 0 Å². The molecule has 0 radical (unpaired) electrons. The average molecular weight is 660 g/mol. The van der Waals surface area contributed by atoms with Crippen molar-refractivity contribution in [1.29, 1.82) is 0 Å². The first kappa shape index (κ1) is 27.9. The number of nitrogens with zero attached hydrogens (tertiary/aromatic N) is 3. The van der Waals surface area contributed by atoms with Crippen molar-refractivity contribution in [2.75, 3.05) is 30.6 Å². The summed E-state index contributed by atoms with van der Waals surface area (Å²) < 4.78 is 27.6. The highest BCUT2D eigenvalue weighted by atomic mass is 127. The molecule has 7 nitrogen and oxygen atoms in total. The molecule has 1 aliphatic carbocycles. The van der Waals surface area contributed by atoms with Gasteiger partial charge in [-0.3, -0.25) is 0 Å². The molecule has 1 aliphatic rings. The van der Waals surface area contributed by atoms with E-state index in [-0.39, 0.29) is 0 Å². The summed E-state index contributed by atoms with van der Waals surface area (Å²) in [4.78, 5) is 13.2. The van der Waals surface area contributed by atoms with Crippen molar-refractivity contribution in [3.05, 3.63) is 32.7 Å². The second kappa shape index (κ2) is 11.7. The highest BCUT2D eigenvalue weighted by molar-refractivity contribution is 14.1. The van der Waals surface area contributed by atoms with Crippen molar-refractivity contribution in [3.63, 3.8) is 0 Å². The Morgan fingerprint density at radius 2 is 1.81 bits per heavy atom. The normalized spacial score (nSPS) is 18.6. The summed E-state index contributed by atoms with van der Waals surface area (Å²) in [5.41, 5.74) is 0.947. The van der Waals surface area contributed by atoms with Crippen molar-refractivity contribution < 1.29 is 8.42 Å². The Labute approximate surface area is 236 Å².